The molecule has 0 unspecified atom stereocenters. The van der Waals surface area contributed by atoms with Crippen LogP contribution >= 0.6 is 0 Å². The van der Waals surface area contributed by atoms with Crippen molar-refractivity contribution in [2.24, 2.45) is 0 Å². The number of methoxy groups -OCH3 is 1. The Morgan fingerprint density at radius 1 is 1.16 bits per heavy atom. The monoisotopic (exact) mass is 338 g/mol. The molecule has 0 N–H and O–H groups in total. The molecule has 1 heterocycles. The largest absolute Gasteiger partial charge is 0.493 e. The highest BCUT2D eigenvalue weighted by Gasteiger charge is 2.13. The number of carbonyl (C=O) groups excluding carboxylic acids is 1. The van der Waals surface area contributed by atoms with Crippen LogP contribution in [-0.4, -0.2) is 23.0 Å². The van der Waals surface area contributed by atoms with E-state index in [0.717, 1.165) is 11.1 Å². The topological polar surface area (TPSA) is 74.5 Å². The maximum absolute atomic E-state index is 11.4. The zero-order chi connectivity index (χ0) is 17.8. The van der Waals surface area contributed by atoms with Crippen LogP contribution in [0.15, 0.2) is 47.0 Å². The standard InChI is InChI=1S/C19H18N2O4/c1-12-6-4-5-7-15(12)19-20-18(25-21-19)11-24-16-9-8-14(13(2)22)10-17(16)23-3/h4-10H,11H2,1-3H3. The molecule has 0 saturated heterocycles. The fraction of sp³-hybridized carbons (Fsp3) is 0.211. The molecule has 6 heteroatoms. The highest BCUT2D eigenvalue weighted by Crippen LogP contribution is 2.29. The zero-order valence-electron chi connectivity index (χ0n) is 14.3. The molecule has 0 aliphatic carbocycles. The van der Waals surface area contributed by atoms with Crippen molar-refractivity contribution in [2.45, 2.75) is 20.5 Å². The van der Waals surface area contributed by atoms with E-state index in [1.165, 1.54) is 14.0 Å². The molecule has 0 aliphatic rings. The lowest BCUT2D eigenvalue weighted by Gasteiger charge is -2.09. The summed E-state index contributed by atoms with van der Waals surface area (Å²) >= 11 is 0. The van der Waals surface area contributed by atoms with E-state index in [2.05, 4.69) is 10.1 Å². The first-order valence-corrected chi connectivity index (χ1v) is 7.79. The maximum Gasteiger partial charge on any atom is 0.264 e. The molecule has 0 aliphatic heterocycles. The van der Waals surface area contributed by atoms with Crippen LogP contribution in [0.2, 0.25) is 0 Å². The predicted octanol–water partition coefficient (Wildman–Crippen LogP) is 3.84. The van der Waals surface area contributed by atoms with Gasteiger partial charge in [0, 0.05) is 11.1 Å². The molecule has 0 fully saturated rings. The molecule has 0 radical (unpaired) electrons. The molecule has 6 nitrogen and oxygen atoms in total. The predicted molar refractivity (Wildman–Crippen MR) is 91.8 cm³/mol. The van der Waals surface area contributed by atoms with Crippen LogP contribution in [0.25, 0.3) is 11.4 Å². The third-order valence-corrected chi connectivity index (χ3v) is 3.78. The zero-order valence-corrected chi connectivity index (χ0v) is 14.3. The average molecular weight is 338 g/mol. The van der Waals surface area contributed by atoms with E-state index in [-0.39, 0.29) is 12.4 Å². The summed E-state index contributed by atoms with van der Waals surface area (Å²) in [7, 11) is 1.52. The Bertz CT molecular complexity index is 902. The molecule has 0 amide bonds. The first kappa shape index (κ1) is 16.7. The summed E-state index contributed by atoms with van der Waals surface area (Å²) in [4.78, 5) is 15.8. The third-order valence-electron chi connectivity index (χ3n) is 3.78. The van der Waals surface area contributed by atoms with Gasteiger partial charge in [-0.25, -0.2) is 0 Å². The number of hydrogen-bond donors (Lipinski definition) is 0. The van der Waals surface area contributed by atoms with Crippen LogP contribution in [0.5, 0.6) is 11.5 Å². The van der Waals surface area contributed by atoms with Gasteiger partial charge in [0.2, 0.25) is 5.82 Å². The normalized spacial score (nSPS) is 10.5. The highest BCUT2D eigenvalue weighted by molar-refractivity contribution is 5.94. The van der Waals surface area contributed by atoms with Crippen LogP contribution < -0.4 is 9.47 Å². The highest BCUT2D eigenvalue weighted by atomic mass is 16.5. The second-order valence-corrected chi connectivity index (χ2v) is 5.54. The van der Waals surface area contributed by atoms with Gasteiger partial charge in [-0.2, -0.15) is 4.98 Å². The number of ketones is 1. The van der Waals surface area contributed by atoms with Gasteiger partial charge in [-0.05, 0) is 37.6 Å². The summed E-state index contributed by atoms with van der Waals surface area (Å²) < 4.78 is 16.2. The van der Waals surface area contributed by atoms with Gasteiger partial charge in [0.25, 0.3) is 5.89 Å². The van der Waals surface area contributed by atoms with E-state index >= 15 is 0 Å². The fourth-order valence-corrected chi connectivity index (χ4v) is 2.39. The molecule has 3 aromatic rings. The second kappa shape index (κ2) is 7.17. The van der Waals surface area contributed by atoms with Gasteiger partial charge in [0.1, 0.15) is 0 Å². The third kappa shape index (κ3) is 3.68. The van der Waals surface area contributed by atoms with E-state index in [1.807, 2.05) is 31.2 Å². The minimum Gasteiger partial charge on any atom is -0.493 e. The van der Waals surface area contributed by atoms with Gasteiger partial charge in [-0.1, -0.05) is 29.4 Å². The number of hydrogen-bond acceptors (Lipinski definition) is 6. The lowest BCUT2D eigenvalue weighted by molar-refractivity contribution is 0.101. The Labute approximate surface area is 145 Å². The smallest absolute Gasteiger partial charge is 0.264 e. The van der Waals surface area contributed by atoms with Crippen LogP contribution in [0, 0.1) is 6.92 Å². The number of aryl methyl sites for hydroxylation is 1. The minimum atomic E-state index is -0.0374. The summed E-state index contributed by atoms with van der Waals surface area (Å²) in [6, 6.07) is 12.8. The van der Waals surface area contributed by atoms with E-state index in [9.17, 15) is 4.79 Å². The minimum absolute atomic E-state index is 0.0374. The van der Waals surface area contributed by atoms with Crippen molar-refractivity contribution in [3.8, 4) is 22.9 Å². The average Bonchev–Trinajstić information content (AvgIpc) is 3.08. The molecule has 1 aromatic heterocycles. The number of ether oxygens (including phenoxy) is 2. The number of rotatable bonds is 6. The summed E-state index contributed by atoms with van der Waals surface area (Å²) in [5.74, 6) is 1.82. The van der Waals surface area contributed by atoms with Gasteiger partial charge < -0.3 is 14.0 Å². The lowest BCUT2D eigenvalue weighted by atomic mass is 10.1. The van der Waals surface area contributed by atoms with Crippen molar-refractivity contribution in [1.82, 2.24) is 10.1 Å². The molecule has 0 bridgehead atoms. The molecule has 2 aromatic carbocycles. The Morgan fingerprint density at radius 3 is 2.68 bits per heavy atom. The van der Waals surface area contributed by atoms with Gasteiger partial charge in [0.15, 0.2) is 23.9 Å². The quantitative estimate of drug-likeness (QED) is 0.636. The summed E-state index contributed by atoms with van der Waals surface area (Å²) in [5, 5.41) is 4.00. The van der Waals surface area contributed by atoms with Crippen LogP contribution in [-0.2, 0) is 6.61 Å². The number of aromatic nitrogens is 2. The van der Waals surface area contributed by atoms with E-state index < -0.39 is 0 Å². The fourth-order valence-electron chi connectivity index (χ4n) is 2.39. The van der Waals surface area contributed by atoms with Crippen molar-refractivity contribution in [2.75, 3.05) is 7.11 Å². The first-order chi connectivity index (χ1) is 12.1. The SMILES string of the molecule is COc1cc(C(C)=O)ccc1OCc1nc(-c2ccccc2C)no1. The van der Waals surface area contributed by atoms with Crippen molar-refractivity contribution in [1.29, 1.82) is 0 Å². The molecule has 128 valence electrons. The van der Waals surface area contributed by atoms with Crippen LogP contribution in [0.3, 0.4) is 0 Å². The van der Waals surface area contributed by atoms with Gasteiger partial charge in [0.05, 0.1) is 7.11 Å². The Morgan fingerprint density at radius 2 is 1.96 bits per heavy atom. The molecule has 0 atom stereocenters. The number of nitrogens with zero attached hydrogens (tertiary/aromatic N) is 2. The Kier molecular flexibility index (Phi) is 4.79. The summed E-state index contributed by atoms with van der Waals surface area (Å²) in [6.07, 6.45) is 0. The van der Waals surface area contributed by atoms with Crippen LogP contribution in [0.4, 0.5) is 0 Å². The van der Waals surface area contributed by atoms with Crippen molar-refractivity contribution in [3.05, 3.63) is 59.5 Å². The van der Waals surface area contributed by atoms with Crippen molar-refractivity contribution >= 4 is 5.78 Å². The number of benzene rings is 2. The Balaban J connectivity index is 1.75. The molecule has 0 saturated carbocycles. The van der Waals surface area contributed by atoms with Gasteiger partial charge in [-0.15, -0.1) is 0 Å². The number of Topliss-reactive ketones (excluding diaryl/α,β-unsaturated/α-hetero) is 1. The molecular formula is C19H18N2O4. The summed E-state index contributed by atoms with van der Waals surface area (Å²) in [6.45, 7) is 3.60. The second-order valence-electron chi connectivity index (χ2n) is 5.54. The maximum atomic E-state index is 11.4. The Hall–Kier alpha value is -3.15. The van der Waals surface area contributed by atoms with E-state index in [0.29, 0.717) is 28.8 Å². The van der Waals surface area contributed by atoms with E-state index in [4.69, 9.17) is 14.0 Å². The van der Waals surface area contributed by atoms with Crippen molar-refractivity contribution in [3.63, 3.8) is 0 Å². The van der Waals surface area contributed by atoms with Crippen LogP contribution in [0.1, 0.15) is 28.7 Å². The van der Waals surface area contributed by atoms with Gasteiger partial charge in [-0.3, -0.25) is 4.79 Å². The first-order valence-electron chi connectivity index (χ1n) is 7.79. The lowest BCUT2D eigenvalue weighted by Crippen LogP contribution is -2.00. The molecule has 25 heavy (non-hydrogen) atoms. The number of carbonyl (C=O) groups is 1. The summed E-state index contributed by atoms with van der Waals surface area (Å²) in [5.41, 5.74) is 2.54. The molecule has 3 rings (SSSR count). The molecule has 0 spiro atoms. The molecular weight excluding hydrogens is 320 g/mol. The van der Waals surface area contributed by atoms with Crippen molar-refractivity contribution < 1.29 is 18.8 Å². The van der Waals surface area contributed by atoms with E-state index in [1.54, 1.807) is 18.2 Å². The van der Waals surface area contributed by atoms with Gasteiger partial charge >= 0.3 is 0 Å².